The first-order valence-corrected chi connectivity index (χ1v) is 10.9. The van der Waals surface area contributed by atoms with E-state index in [9.17, 15) is 30.8 Å². The van der Waals surface area contributed by atoms with Gasteiger partial charge in [0.05, 0.1) is 12.0 Å². The molecule has 0 aliphatic rings. The van der Waals surface area contributed by atoms with Crippen molar-refractivity contribution < 1.29 is 35.5 Å². The van der Waals surface area contributed by atoms with E-state index >= 15 is 0 Å². The number of hydrazine groups is 1. The van der Waals surface area contributed by atoms with Crippen LogP contribution < -0.4 is 20.3 Å². The number of methoxy groups -OCH3 is 1. The lowest BCUT2D eigenvalue weighted by molar-refractivity contribution is -0.116. The highest BCUT2D eigenvalue weighted by atomic mass is 32.2. The fourth-order valence-corrected chi connectivity index (χ4v) is 3.71. The van der Waals surface area contributed by atoms with Gasteiger partial charge in [-0.05, 0) is 48.0 Å². The van der Waals surface area contributed by atoms with Crippen LogP contribution in [0.5, 0.6) is 5.75 Å². The molecule has 12 heteroatoms. The van der Waals surface area contributed by atoms with Crippen LogP contribution in [-0.2, 0) is 14.8 Å². The average molecular weight is 495 g/mol. The number of hydrogen-bond acceptors (Lipinski definition) is 5. The summed E-state index contributed by atoms with van der Waals surface area (Å²) in [7, 11) is -2.39. The molecular weight excluding hydrogens is 478 g/mol. The Morgan fingerprint density at radius 2 is 1.50 bits per heavy atom. The van der Waals surface area contributed by atoms with Crippen LogP contribution in [0, 0.1) is 23.3 Å². The van der Waals surface area contributed by atoms with E-state index in [1.807, 2.05) is 5.43 Å². The Balaban J connectivity index is 1.62. The smallest absolute Gasteiger partial charge is 0.262 e. The molecule has 0 saturated carbocycles. The predicted octanol–water partition coefficient (Wildman–Crippen LogP) is 4.21. The second-order valence-electron chi connectivity index (χ2n) is 6.69. The van der Waals surface area contributed by atoms with Crippen LogP contribution in [0.2, 0.25) is 0 Å². The largest absolute Gasteiger partial charge is 0.497 e. The molecule has 0 radical (unpaired) electrons. The molecule has 0 bridgehead atoms. The highest BCUT2D eigenvalue weighted by Gasteiger charge is 2.19. The van der Waals surface area contributed by atoms with Gasteiger partial charge in [0, 0.05) is 17.8 Å². The molecule has 0 spiro atoms. The summed E-state index contributed by atoms with van der Waals surface area (Å²) in [6, 6.07) is 11.8. The zero-order chi connectivity index (χ0) is 24.9. The third kappa shape index (κ3) is 5.84. The maximum Gasteiger partial charge on any atom is 0.262 e. The number of benzene rings is 3. The van der Waals surface area contributed by atoms with Crippen LogP contribution in [0.25, 0.3) is 6.08 Å². The summed E-state index contributed by atoms with van der Waals surface area (Å²) in [4.78, 5) is 11.8. The number of anilines is 2. The van der Waals surface area contributed by atoms with Crippen molar-refractivity contribution in [1.82, 2.24) is 5.43 Å². The Kier molecular flexibility index (Phi) is 7.41. The number of sulfonamides is 1. The predicted molar refractivity (Wildman–Crippen MR) is 117 cm³/mol. The molecule has 7 nitrogen and oxygen atoms in total. The number of hydrogen-bond donors (Lipinski definition) is 3. The van der Waals surface area contributed by atoms with Crippen LogP contribution in [0.15, 0.2) is 65.6 Å². The molecule has 0 saturated heterocycles. The van der Waals surface area contributed by atoms with Crippen molar-refractivity contribution >= 4 is 33.4 Å². The van der Waals surface area contributed by atoms with Gasteiger partial charge in [-0.3, -0.25) is 20.4 Å². The van der Waals surface area contributed by atoms with Crippen molar-refractivity contribution in [3.8, 4) is 5.75 Å². The monoisotopic (exact) mass is 495 g/mol. The van der Waals surface area contributed by atoms with E-state index in [-0.39, 0.29) is 11.0 Å². The highest BCUT2D eigenvalue weighted by molar-refractivity contribution is 7.92. The van der Waals surface area contributed by atoms with Crippen LogP contribution in [0.4, 0.5) is 28.9 Å². The standard InChI is InChI=1S/C22H17F4N3O4S/c1-33-15-7-5-14(6-8-15)29-34(31,32)16-9-2-13(3-10-16)4-11-19(30)27-28-22-20(25)17(23)12-18(24)21(22)26/h2-12,28-29H,1H3,(H,27,30)/b11-4+. The Morgan fingerprint density at radius 1 is 0.912 bits per heavy atom. The van der Waals surface area contributed by atoms with Gasteiger partial charge in [-0.25, -0.2) is 26.0 Å². The van der Waals surface area contributed by atoms with Gasteiger partial charge in [-0.15, -0.1) is 0 Å². The highest BCUT2D eigenvalue weighted by Crippen LogP contribution is 2.23. The normalized spacial score (nSPS) is 11.3. The number of carbonyl (C=O) groups excluding carboxylic acids is 1. The summed E-state index contributed by atoms with van der Waals surface area (Å²) in [5, 5.41) is 0. The number of rotatable bonds is 8. The molecule has 0 aliphatic carbocycles. The van der Waals surface area contributed by atoms with Crippen LogP contribution >= 0.6 is 0 Å². The first kappa shape index (κ1) is 24.6. The molecule has 1 amide bonds. The maximum atomic E-state index is 13.6. The molecule has 3 rings (SSSR count). The lowest BCUT2D eigenvalue weighted by Gasteiger charge is -2.10. The van der Waals surface area contributed by atoms with Crippen molar-refractivity contribution in [2.45, 2.75) is 4.90 Å². The molecular formula is C22H17F4N3O4S. The molecule has 0 aromatic heterocycles. The Morgan fingerprint density at radius 3 is 2.06 bits per heavy atom. The van der Waals surface area contributed by atoms with Crippen molar-refractivity contribution in [2.24, 2.45) is 0 Å². The minimum atomic E-state index is -3.87. The van der Waals surface area contributed by atoms with E-state index in [4.69, 9.17) is 4.74 Å². The van der Waals surface area contributed by atoms with E-state index in [0.29, 0.717) is 17.0 Å². The van der Waals surface area contributed by atoms with E-state index in [0.717, 1.165) is 6.08 Å². The summed E-state index contributed by atoms with van der Waals surface area (Å²) in [5.41, 5.74) is 3.22. The molecule has 178 valence electrons. The molecule has 0 heterocycles. The number of halogens is 4. The van der Waals surface area contributed by atoms with E-state index in [1.54, 1.807) is 17.6 Å². The third-order valence-electron chi connectivity index (χ3n) is 4.38. The third-order valence-corrected chi connectivity index (χ3v) is 5.78. The van der Waals surface area contributed by atoms with Crippen LogP contribution in [0.3, 0.4) is 0 Å². The fourth-order valence-electron chi connectivity index (χ4n) is 2.65. The minimum absolute atomic E-state index is 0.0357. The lowest BCUT2D eigenvalue weighted by atomic mass is 10.2. The van der Waals surface area contributed by atoms with Gasteiger partial charge in [0.1, 0.15) is 11.4 Å². The molecule has 0 unspecified atom stereocenters. The van der Waals surface area contributed by atoms with Gasteiger partial charge >= 0.3 is 0 Å². The first-order valence-electron chi connectivity index (χ1n) is 9.44. The van der Waals surface area contributed by atoms with Crippen molar-refractivity contribution in [1.29, 1.82) is 0 Å². The summed E-state index contributed by atoms with van der Waals surface area (Å²) < 4.78 is 86.0. The van der Waals surface area contributed by atoms with Gasteiger partial charge in [0.2, 0.25) is 0 Å². The summed E-state index contributed by atoms with van der Waals surface area (Å²) in [6.45, 7) is 0. The number of carbonyl (C=O) groups is 1. The molecule has 3 aromatic carbocycles. The summed E-state index contributed by atoms with van der Waals surface area (Å²) in [6.07, 6.45) is 2.24. The van der Waals surface area contributed by atoms with Crippen LogP contribution in [0.1, 0.15) is 5.56 Å². The van der Waals surface area contributed by atoms with E-state index in [2.05, 4.69) is 4.72 Å². The van der Waals surface area contributed by atoms with Gasteiger partial charge in [-0.1, -0.05) is 12.1 Å². The Labute approximate surface area is 192 Å². The van der Waals surface area contributed by atoms with Gasteiger partial charge in [0.15, 0.2) is 23.3 Å². The zero-order valence-corrected chi connectivity index (χ0v) is 18.2. The van der Waals surface area contributed by atoms with Crippen molar-refractivity contribution in [3.05, 3.63) is 89.5 Å². The van der Waals surface area contributed by atoms with E-state index in [1.165, 1.54) is 49.6 Å². The van der Waals surface area contributed by atoms with Crippen molar-refractivity contribution in [2.75, 3.05) is 17.3 Å². The number of nitrogens with one attached hydrogen (secondary N) is 3. The average Bonchev–Trinajstić information content (AvgIpc) is 2.82. The molecule has 0 aliphatic heterocycles. The fraction of sp³-hybridized carbons (Fsp3) is 0.0455. The molecule has 0 atom stereocenters. The maximum absolute atomic E-state index is 13.6. The number of ether oxygens (including phenoxy) is 1. The Bertz CT molecular complexity index is 1300. The second kappa shape index (κ2) is 10.3. The molecule has 3 aromatic rings. The van der Waals surface area contributed by atoms with Gasteiger partial charge < -0.3 is 4.74 Å². The SMILES string of the molecule is COc1ccc(NS(=O)(=O)c2ccc(/C=C/C(=O)NNc3c(F)c(F)cc(F)c3F)cc2)cc1. The first-order chi connectivity index (χ1) is 16.1. The topological polar surface area (TPSA) is 96.5 Å². The zero-order valence-electron chi connectivity index (χ0n) is 17.4. The summed E-state index contributed by atoms with van der Waals surface area (Å²) >= 11 is 0. The number of amides is 1. The summed E-state index contributed by atoms with van der Waals surface area (Å²) in [5.74, 6) is -7.02. The van der Waals surface area contributed by atoms with E-state index < -0.39 is 44.9 Å². The quantitative estimate of drug-likeness (QED) is 0.188. The van der Waals surface area contributed by atoms with Crippen LogP contribution in [-0.4, -0.2) is 21.4 Å². The molecule has 3 N–H and O–H groups in total. The second-order valence-corrected chi connectivity index (χ2v) is 8.38. The van der Waals surface area contributed by atoms with Crippen molar-refractivity contribution in [3.63, 3.8) is 0 Å². The Hall–Kier alpha value is -4.06. The molecule has 34 heavy (non-hydrogen) atoms. The van der Waals surface area contributed by atoms with Gasteiger partial charge in [-0.2, -0.15) is 0 Å². The van der Waals surface area contributed by atoms with Gasteiger partial charge in [0.25, 0.3) is 15.9 Å². The molecule has 0 fully saturated rings. The minimum Gasteiger partial charge on any atom is -0.497 e. The lowest BCUT2D eigenvalue weighted by Crippen LogP contribution is -2.29.